The van der Waals surface area contributed by atoms with Gasteiger partial charge in [-0.1, -0.05) is 0 Å². The van der Waals surface area contributed by atoms with Crippen LogP contribution in [-0.4, -0.2) is 38.6 Å². The monoisotopic (exact) mass is 344 g/mol. The molecule has 0 saturated heterocycles. The number of phenolic OH excluding ortho intramolecular Hbond substituents is 1. The smallest absolute Gasteiger partial charge is 0.271 e. The molecule has 2 rings (SSSR count). The van der Waals surface area contributed by atoms with Crippen molar-refractivity contribution in [2.24, 2.45) is 5.10 Å². The minimum atomic E-state index is -0.437. The molecule has 2 N–H and O–H groups in total. The Balaban J connectivity index is 2.18. The Morgan fingerprint density at radius 2 is 1.80 bits per heavy atom. The van der Waals surface area contributed by atoms with E-state index in [0.29, 0.717) is 22.6 Å². The molecule has 25 heavy (non-hydrogen) atoms. The van der Waals surface area contributed by atoms with Crippen molar-refractivity contribution in [2.75, 3.05) is 21.3 Å². The third-order valence-corrected chi connectivity index (χ3v) is 3.46. The van der Waals surface area contributed by atoms with E-state index in [4.69, 9.17) is 14.2 Å². The van der Waals surface area contributed by atoms with Crippen LogP contribution >= 0.6 is 0 Å². The number of nitrogens with one attached hydrogen (secondary N) is 1. The van der Waals surface area contributed by atoms with Gasteiger partial charge in [-0.2, -0.15) is 5.10 Å². The number of nitrogens with zero attached hydrogens (tertiary/aromatic N) is 1. The maximum Gasteiger partial charge on any atom is 0.271 e. The van der Waals surface area contributed by atoms with Crippen molar-refractivity contribution in [3.05, 3.63) is 47.0 Å². The summed E-state index contributed by atoms with van der Waals surface area (Å²) < 4.78 is 15.6. The van der Waals surface area contributed by atoms with Crippen molar-refractivity contribution < 1.29 is 24.1 Å². The first kappa shape index (κ1) is 18.1. The molecule has 1 amide bonds. The van der Waals surface area contributed by atoms with Crippen LogP contribution in [0.5, 0.6) is 23.0 Å². The lowest BCUT2D eigenvalue weighted by Crippen LogP contribution is -2.17. The van der Waals surface area contributed by atoms with Crippen molar-refractivity contribution in [1.29, 1.82) is 0 Å². The van der Waals surface area contributed by atoms with Crippen LogP contribution in [0.3, 0.4) is 0 Å². The number of aryl methyl sites for hydroxylation is 1. The Morgan fingerprint density at radius 1 is 1.08 bits per heavy atom. The molecule has 0 aliphatic rings. The molecule has 0 heterocycles. The highest BCUT2D eigenvalue weighted by molar-refractivity contribution is 5.95. The van der Waals surface area contributed by atoms with Crippen molar-refractivity contribution in [2.45, 2.75) is 6.92 Å². The van der Waals surface area contributed by atoms with Gasteiger partial charge in [-0.25, -0.2) is 5.43 Å². The maximum absolute atomic E-state index is 12.1. The summed E-state index contributed by atoms with van der Waals surface area (Å²) in [6, 6.07) is 7.99. The molecule has 0 spiro atoms. The van der Waals surface area contributed by atoms with E-state index < -0.39 is 5.91 Å². The number of hydrogen-bond donors (Lipinski definition) is 2. The molecule has 2 aromatic rings. The summed E-state index contributed by atoms with van der Waals surface area (Å²) in [7, 11) is 4.50. The van der Waals surface area contributed by atoms with E-state index in [0.717, 1.165) is 5.56 Å². The second kappa shape index (κ2) is 8.05. The molecule has 0 aliphatic heterocycles. The van der Waals surface area contributed by atoms with Gasteiger partial charge in [0.2, 0.25) is 0 Å². The van der Waals surface area contributed by atoms with Crippen molar-refractivity contribution in [3.63, 3.8) is 0 Å². The van der Waals surface area contributed by atoms with Gasteiger partial charge in [0.15, 0.2) is 23.0 Å². The highest BCUT2D eigenvalue weighted by Gasteiger charge is 2.11. The van der Waals surface area contributed by atoms with E-state index in [2.05, 4.69) is 10.5 Å². The molecule has 0 atom stereocenters. The Hall–Kier alpha value is -3.22. The largest absolute Gasteiger partial charge is 0.504 e. The SMILES string of the molecule is COc1cc(C(=O)N/N=C/c2cc(C)cc(OC)c2OC)ccc1O. The number of ether oxygens (including phenoxy) is 3. The Labute approximate surface area is 145 Å². The van der Waals surface area contributed by atoms with Crippen LogP contribution in [0.4, 0.5) is 0 Å². The van der Waals surface area contributed by atoms with Crippen LogP contribution in [0.25, 0.3) is 0 Å². The van der Waals surface area contributed by atoms with Crippen LogP contribution in [0, 0.1) is 6.92 Å². The van der Waals surface area contributed by atoms with Gasteiger partial charge in [0.25, 0.3) is 5.91 Å². The molecule has 0 radical (unpaired) electrons. The fourth-order valence-electron chi connectivity index (χ4n) is 2.28. The highest BCUT2D eigenvalue weighted by Crippen LogP contribution is 2.31. The zero-order chi connectivity index (χ0) is 18.4. The van der Waals surface area contributed by atoms with Crippen LogP contribution in [0.2, 0.25) is 0 Å². The summed E-state index contributed by atoms with van der Waals surface area (Å²) in [6.45, 7) is 1.92. The van der Waals surface area contributed by atoms with E-state index in [1.807, 2.05) is 19.1 Å². The minimum Gasteiger partial charge on any atom is -0.504 e. The van der Waals surface area contributed by atoms with Gasteiger partial charge >= 0.3 is 0 Å². The number of methoxy groups -OCH3 is 3. The predicted molar refractivity (Wildman–Crippen MR) is 94.0 cm³/mol. The third-order valence-electron chi connectivity index (χ3n) is 3.46. The molecule has 0 aromatic heterocycles. The molecular weight excluding hydrogens is 324 g/mol. The molecule has 2 aromatic carbocycles. The number of hydrazone groups is 1. The van der Waals surface area contributed by atoms with Crippen molar-refractivity contribution in [3.8, 4) is 23.0 Å². The predicted octanol–water partition coefficient (Wildman–Crippen LogP) is 2.49. The number of benzene rings is 2. The van der Waals surface area contributed by atoms with E-state index in [1.54, 1.807) is 7.11 Å². The number of aromatic hydroxyl groups is 1. The van der Waals surface area contributed by atoms with Gasteiger partial charge in [-0.3, -0.25) is 4.79 Å². The lowest BCUT2D eigenvalue weighted by molar-refractivity contribution is 0.0954. The summed E-state index contributed by atoms with van der Waals surface area (Å²) >= 11 is 0. The van der Waals surface area contributed by atoms with E-state index in [9.17, 15) is 9.90 Å². The Morgan fingerprint density at radius 3 is 2.44 bits per heavy atom. The van der Waals surface area contributed by atoms with Gasteiger partial charge in [-0.05, 0) is 42.8 Å². The molecule has 0 aliphatic carbocycles. The number of amides is 1. The molecule has 0 saturated carbocycles. The Bertz CT molecular complexity index is 802. The van der Waals surface area contributed by atoms with Crippen LogP contribution in [0.1, 0.15) is 21.5 Å². The molecule has 7 heteroatoms. The fraction of sp³-hybridized carbons (Fsp3) is 0.222. The lowest BCUT2D eigenvalue weighted by Gasteiger charge is -2.11. The number of phenols is 1. The van der Waals surface area contributed by atoms with Gasteiger partial charge in [0.1, 0.15) is 0 Å². The minimum absolute atomic E-state index is 0.0425. The zero-order valence-corrected chi connectivity index (χ0v) is 14.5. The van der Waals surface area contributed by atoms with Crippen LogP contribution in [-0.2, 0) is 0 Å². The van der Waals surface area contributed by atoms with Crippen LogP contribution < -0.4 is 19.6 Å². The topological polar surface area (TPSA) is 89.4 Å². The first-order valence-electron chi connectivity index (χ1n) is 7.43. The molecule has 0 unspecified atom stereocenters. The van der Waals surface area contributed by atoms with Gasteiger partial charge in [0.05, 0.1) is 27.5 Å². The van der Waals surface area contributed by atoms with E-state index >= 15 is 0 Å². The van der Waals surface area contributed by atoms with E-state index in [1.165, 1.54) is 38.6 Å². The van der Waals surface area contributed by atoms with Crippen LogP contribution in [0.15, 0.2) is 35.4 Å². The fourth-order valence-corrected chi connectivity index (χ4v) is 2.28. The normalized spacial score (nSPS) is 10.6. The first-order valence-corrected chi connectivity index (χ1v) is 7.43. The average Bonchev–Trinajstić information content (AvgIpc) is 2.61. The van der Waals surface area contributed by atoms with Gasteiger partial charge in [0, 0.05) is 11.1 Å². The molecule has 0 fully saturated rings. The second-order valence-corrected chi connectivity index (χ2v) is 5.18. The summed E-state index contributed by atoms with van der Waals surface area (Å²) in [5, 5.41) is 13.5. The standard InChI is InChI=1S/C18H20N2O5/c1-11-7-13(17(25-4)16(8-11)24-3)10-19-20-18(22)12-5-6-14(21)15(9-12)23-2/h5-10,21H,1-4H3,(H,20,22)/b19-10+. The van der Waals surface area contributed by atoms with E-state index in [-0.39, 0.29) is 11.5 Å². The van der Waals surface area contributed by atoms with Gasteiger partial charge in [-0.15, -0.1) is 0 Å². The lowest BCUT2D eigenvalue weighted by atomic mass is 10.1. The van der Waals surface area contributed by atoms with Crippen molar-refractivity contribution >= 4 is 12.1 Å². The molecular formula is C18H20N2O5. The second-order valence-electron chi connectivity index (χ2n) is 5.18. The third kappa shape index (κ3) is 4.20. The molecule has 132 valence electrons. The number of carbonyl (C=O) groups excluding carboxylic acids is 1. The summed E-state index contributed by atoms with van der Waals surface area (Å²) in [5.74, 6) is 0.838. The summed E-state index contributed by atoms with van der Waals surface area (Å²) in [4.78, 5) is 12.1. The molecule has 0 bridgehead atoms. The molecule has 7 nitrogen and oxygen atoms in total. The van der Waals surface area contributed by atoms with Crippen molar-refractivity contribution in [1.82, 2.24) is 5.43 Å². The first-order chi connectivity index (χ1) is 12.0. The highest BCUT2D eigenvalue weighted by atomic mass is 16.5. The number of rotatable bonds is 6. The summed E-state index contributed by atoms with van der Waals surface area (Å²) in [5.41, 5.74) is 4.37. The zero-order valence-electron chi connectivity index (χ0n) is 14.5. The Kier molecular flexibility index (Phi) is 5.84. The van der Waals surface area contributed by atoms with Gasteiger partial charge < -0.3 is 19.3 Å². The number of hydrogen-bond acceptors (Lipinski definition) is 6. The maximum atomic E-state index is 12.1. The summed E-state index contributed by atoms with van der Waals surface area (Å²) in [6.07, 6.45) is 1.48. The number of carbonyl (C=O) groups is 1. The quantitative estimate of drug-likeness (QED) is 0.621. The average molecular weight is 344 g/mol.